The van der Waals surface area contributed by atoms with Crippen molar-refractivity contribution >= 4 is 5.69 Å². The highest BCUT2D eigenvalue weighted by atomic mass is 19.1. The van der Waals surface area contributed by atoms with Crippen LogP contribution in [0.5, 0.6) is 0 Å². The molecule has 0 amide bonds. The molecule has 0 unspecified atom stereocenters. The summed E-state index contributed by atoms with van der Waals surface area (Å²) in [6, 6.07) is 2.78. The molecule has 18 heavy (non-hydrogen) atoms. The molecule has 2 rings (SSSR count). The van der Waals surface area contributed by atoms with E-state index in [1.165, 1.54) is 12.1 Å². The fourth-order valence-corrected chi connectivity index (χ4v) is 2.20. The molecule has 1 saturated heterocycles. The van der Waals surface area contributed by atoms with Crippen LogP contribution in [0.15, 0.2) is 12.1 Å². The molecule has 1 aliphatic rings. The number of benzene rings is 1. The van der Waals surface area contributed by atoms with Crippen LogP contribution in [0.25, 0.3) is 0 Å². The molecule has 0 bridgehead atoms. The number of nitrogens with one attached hydrogen (secondary N) is 1. The van der Waals surface area contributed by atoms with Crippen LogP contribution in [0, 0.1) is 11.6 Å². The van der Waals surface area contributed by atoms with E-state index in [-0.39, 0.29) is 5.69 Å². The van der Waals surface area contributed by atoms with Gasteiger partial charge in [-0.05, 0) is 31.2 Å². The molecule has 5 heteroatoms. The fourth-order valence-electron chi connectivity index (χ4n) is 2.20. The predicted octanol–water partition coefficient (Wildman–Crippen LogP) is 1.91. The van der Waals surface area contributed by atoms with Crippen molar-refractivity contribution in [1.29, 1.82) is 0 Å². The molecule has 0 atom stereocenters. The number of anilines is 1. The van der Waals surface area contributed by atoms with E-state index in [1.807, 2.05) is 0 Å². The quantitative estimate of drug-likeness (QED) is 0.894. The Morgan fingerprint density at radius 2 is 1.94 bits per heavy atom. The molecule has 1 heterocycles. The third-order valence-electron chi connectivity index (χ3n) is 3.00. The van der Waals surface area contributed by atoms with Crippen LogP contribution in [-0.4, -0.2) is 33.4 Å². The van der Waals surface area contributed by atoms with Crippen LogP contribution < -0.4 is 10.2 Å². The van der Waals surface area contributed by atoms with Gasteiger partial charge in [-0.3, -0.25) is 0 Å². The summed E-state index contributed by atoms with van der Waals surface area (Å²) in [7, 11) is 1.75. The number of ether oxygens (including phenoxy) is 1. The number of rotatable bonds is 3. The van der Waals surface area contributed by atoms with E-state index in [1.54, 1.807) is 11.9 Å². The van der Waals surface area contributed by atoms with E-state index in [4.69, 9.17) is 4.74 Å². The predicted molar refractivity (Wildman–Crippen MR) is 66.8 cm³/mol. The van der Waals surface area contributed by atoms with Crippen LogP contribution in [0.4, 0.5) is 14.5 Å². The average molecular weight is 256 g/mol. The lowest BCUT2D eigenvalue weighted by atomic mass is 10.1. The van der Waals surface area contributed by atoms with Crippen molar-refractivity contribution in [3.63, 3.8) is 0 Å². The second-order valence-corrected chi connectivity index (χ2v) is 4.39. The maximum atomic E-state index is 14.0. The zero-order valence-corrected chi connectivity index (χ0v) is 10.5. The maximum Gasteiger partial charge on any atom is 0.149 e. The Balaban J connectivity index is 2.26. The number of hydrogen-bond donors (Lipinski definition) is 1. The highest BCUT2D eigenvalue weighted by molar-refractivity contribution is 5.50. The topological polar surface area (TPSA) is 24.5 Å². The standard InChI is InChI=1S/C13H18F2N2O/c1-16-9-10-7-11(14)13(12(15)8-10)17-3-2-5-18-6-4-17/h7-8,16H,2-6,9H2,1H3. The van der Waals surface area contributed by atoms with E-state index in [9.17, 15) is 8.78 Å². The van der Waals surface area contributed by atoms with Gasteiger partial charge < -0.3 is 15.0 Å². The first-order valence-corrected chi connectivity index (χ1v) is 6.17. The molecule has 1 N–H and O–H groups in total. The zero-order valence-electron chi connectivity index (χ0n) is 10.5. The van der Waals surface area contributed by atoms with Gasteiger partial charge in [0.05, 0.1) is 6.61 Å². The third-order valence-corrected chi connectivity index (χ3v) is 3.00. The molecule has 0 radical (unpaired) electrons. The van der Waals surface area contributed by atoms with E-state index < -0.39 is 11.6 Å². The second kappa shape index (κ2) is 6.11. The van der Waals surface area contributed by atoms with Gasteiger partial charge in [0, 0.05) is 26.2 Å². The van der Waals surface area contributed by atoms with Crippen molar-refractivity contribution in [3.05, 3.63) is 29.3 Å². The largest absolute Gasteiger partial charge is 0.380 e. The first kappa shape index (κ1) is 13.2. The lowest BCUT2D eigenvalue weighted by Gasteiger charge is -2.23. The monoisotopic (exact) mass is 256 g/mol. The highest BCUT2D eigenvalue weighted by Crippen LogP contribution is 2.25. The Bertz CT molecular complexity index is 381. The zero-order chi connectivity index (χ0) is 13.0. The summed E-state index contributed by atoms with van der Waals surface area (Å²) < 4.78 is 33.3. The summed E-state index contributed by atoms with van der Waals surface area (Å²) in [6.45, 7) is 2.77. The van der Waals surface area contributed by atoms with Crippen molar-refractivity contribution in [2.24, 2.45) is 0 Å². The van der Waals surface area contributed by atoms with Crippen molar-refractivity contribution in [1.82, 2.24) is 5.32 Å². The average Bonchev–Trinajstić information content (AvgIpc) is 2.57. The molecule has 1 aliphatic heterocycles. The highest BCUT2D eigenvalue weighted by Gasteiger charge is 2.19. The van der Waals surface area contributed by atoms with Crippen molar-refractivity contribution in [2.45, 2.75) is 13.0 Å². The van der Waals surface area contributed by atoms with Gasteiger partial charge in [-0.2, -0.15) is 0 Å². The Labute approximate surface area is 106 Å². The lowest BCUT2D eigenvalue weighted by Crippen LogP contribution is -2.28. The molecule has 0 spiro atoms. The fraction of sp³-hybridized carbons (Fsp3) is 0.538. The van der Waals surface area contributed by atoms with Crippen LogP contribution >= 0.6 is 0 Å². The van der Waals surface area contributed by atoms with Crippen molar-refractivity contribution in [2.75, 3.05) is 38.3 Å². The minimum absolute atomic E-state index is 0.0698. The Kier molecular flexibility index (Phi) is 4.49. The first-order valence-electron chi connectivity index (χ1n) is 6.17. The van der Waals surface area contributed by atoms with E-state index in [0.29, 0.717) is 38.4 Å². The molecule has 0 aromatic heterocycles. The Hall–Kier alpha value is -1.20. The smallest absolute Gasteiger partial charge is 0.149 e. The normalized spacial score (nSPS) is 16.7. The first-order chi connectivity index (χ1) is 8.72. The van der Waals surface area contributed by atoms with Crippen LogP contribution in [-0.2, 0) is 11.3 Å². The minimum Gasteiger partial charge on any atom is -0.380 e. The van der Waals surface area contributed by atoms with Crippen molar-refractivity contribution < 1.29 is 13.5 Å². The van der Waals surface area contributed by atoms with Gasteiger partial charge in [-0.1, -0.05) is 0 Å². The second-order valence-electron chi connectivity index (χ2n) is 4.39. The van der Waals surface area contributed by atoms with Gasteiger partial charge in [-0.25, -0.2) is 8.78 Å². The van der Waals surface area contributed by atoms with Crippen LogP contribution in [0.2, 0.25) is 0 Å². The number of nitrogens with zero attached hydrogens (tertiary/aromatic N) is 1. The summed E-state index contributed by atoms with van der Waals surface area (Å²) in [5, 5.41) is 2.88. The lowest BCUT2D eigenvalue weighted by molar-refractivity contribution is 0.152. The van der Waals surface area contributed by atoms with E-state index in [0.717, 1.165) is 6.42 Å². The summed E-state index contributed by atoms with van der Waals surface area (Å²) in [6.07, 6.45) is 0.789. The maximum absolute atomic E-state index is 14.0. The van der Waals surface area contributed by atoms with Gasteiger partial charge in [0.15, 0.2) is 0 Å². The van der Waals surface area contributed by atoms with Gasteiger partial charge in [0.2, 0.25) is 0 Å². The SMILES string of the molecule is CNCc1cc(F)c(N2CCCOCC2)c(F)c1. The molecule has 1 aromatic rings. The molecule has 0 saturated carbocycles. The van der Waals surface area contributed by atoms with E-state index >= 15 is 0 Å². The van der Waals surface area contributed by atoms with Crippen molar-refractivity contribution in [3.8, 4) is 0 Å². The van der Waals surface area contributed by atoms with Gasteiger partial charge in [-0.15, -0.1) is 0 Å². The molecular formula is C13H18F2N2O. The summed E-state index contributed by atoms with van der Waals surface area (Å²) in [4.78, 5) is 1.72. The summed E-state index contributed by atoms with van der Waals surface area (Å²) in [5.41, 5.74) is 0.683. The molecule has 3 nitrogen and oxygen atoms in total. The third kappa shape index (κ3) is 2.97. The number of halogens is 2. The Morgan fingerprint density at radius 3 is 2.61 bits per heavy atom. The molecular weight excluding hydrogens is 238 g/mol. The summed E-state index contributed by atoms with van der Waals surface area (Å²) >= 11 is 0. The van der Waals surface area contributed by atoms with E-state index in [2.05, 4.69) is 5.32 Å². The molecule has 1 fully saturated rings. The molecule has 0 aliphatic carbocycles. The Morgan fingerprint density at radius 1 is 1.22 bits per heavy atom. The minimum atomic E-state index is -0.498. The van der Waals surface area contributed by atoms with Gasteiger partial charge in [0.25, 0.3) is 0 Å². The number of hydrogen-bond acceptors (Lipinski definition) is 3. The van der Waals surface area contributed by atoms with Gasteiger partial charge >= 0.3 is 0 Å². The van der Waals surface area contributed by atoms with Crippen LogP contribution in [0.1, 0.15) is 12.0 Å². The van der Waals surface area contributed by atoms with Crippen LogP contribution in [0.3, 0.4) is 0 Å². The molecule has 1 aromatic carbocycles. The summed E-state index contributed by atoms with van der Waals surface area (Å²) in [5.74, 6) is -0.996. The van der Waals surface area contributed by atoms with Gasteiger partial charge in [0.1, 0.15) is 17.3 Å². The molecule has 100 valence electrons.